The third kappa shape index (κ3) is 4.30. The minimum Gasteiger partial charge on any atom is -0.300 e. The summed E-state index contributed by atoms with van der Waals surface area (Å²) in [5.41, 5.74) is 0.547. The molecule has 0 spiro atoms. The van der Waals surface area contributed by atoms with E-state index in [0.717, 1.165) is 12.1 Å². The molecule has 0 aliphatic rings. The zero-order valence-corrected chi connectivity index (χ0v) is 14.3. The van der Waals surface area contributed by atoms with E-state index in [1.165, 1.54) is 0 Å². The van der Waals surface area contributed by atoms with E-state index in [2.05, 4.69) is 51.0 Å². The highest BCUT2D eigenvalue weighted by atomic mass is 15.2. The highest BCUT2D eigenvalue weighted by molar-refractivity contribution is 5.32. The van der Waals surface area contributed by atoms with Crippen molar-refractivity contribution < 1.29 is 0 Å². The number of likely N-dealkylation sites (N-methyl/N-ethyl adjacent to an activating group) is 2. The highest BCUT2D eigenvalue weighted by Gasteiger charge is 2.35. The summed E-state index contributed by atoms with van der Waals surface area (Å²) in [6.07, 6.45) is 0. The first kappa shape index (κ1) is 17.7. The van der Waals surface area contributed by atoms with Gasteiger partial charge in [0.1, 0.15) is 5.54 Å². The van der Waals surface area contributed by atoms with Gasteiger partial charge in [-0.1, -0.05) is 58.0 Å². The van der Waals surface area contributed by atoms with Gasteiger partial charge in [-0.05, 0) is 31.5 Å². The SMILES string of the molecule is CCNC(C#N)(CN(C)C(C)C(C)(C)C)c1ccccc1. The van der Waals surface area contributed by atoms with Crippen LogP contribution in [0.5, 0.6) is 0 Å². The lowest BCUT2D eigenvalue weighted by Gasteiger charge is -2.40. The lowest BCUT2D eigenvalue weighted by atomic mass is 9.85. The third-order valence-electron chi connectivity index (χ3n) is 4.34. The summed E-state index contributed by atoms with van der Waals surface area (Å²) >= 11 is 0. The monoisotopic (exact) mass is 287 g/mol. The van der Waals surface area contributed by atoms with E-state index in [4.69, 9.17) is 0 Å². The smallest absolute Gasteiger partial charge is 0.145 e. The molecule has 0 fully saturated rings. The number of hydrogen-bond donors (Lipinski definition) is 1. The van der Waals surface area contributed by atoms with Crippen LogP contribution in [-0.4, -0.2) is 31.1 Å². The Bertz CT molecular complexity index is 469. The van der Waals surface area contributed by atoms with E-state index in [0.29, 0.717) is 12.6 Å². The van der Waals surface area contributed by atoms with Crippen LogP contribution in [0.25, 0.3) is 0 Å². The minimum absolute atomic E-state index is 0.179. The summed E-state index contributed by atoms with van der Waals surface area (Å²) in [4.78, 5) is 2.28. The van der Waals surface area contributed by atoms with E-state index < -0.39 is 5.54 Å². The van der Waals surface area contributed by atoms with Crippen molar-refractivity contribution in [3.8, 4) is 6.07 Å². The van der Waals surface area contributed by atoms with Gasteiger partial charge >= 0.3 is 0 Å². The summed E-state index contributed by atoms with van der Waals surface area (Å²) in [5.74, 6) is 0. The van der Waals surface area contributed by atoms with Crippen molar-refractivity contribution in [2.24, 2.45) is 5.41 Å². The summed E-state index contributed by atoms with van der Waals surface area (Å²) in [6.45, 7) is 12.4. The van der Waals surface area contributed by atoms with E-state index in [1.807, 2.05) is 37.3 Å². The van der Waals surface area contributed by atoms with Crippen molar-refractivity contribution in [1.29, 1.82) is 5.26 Å². The standard InChI is InChI=1S/C18H29N3/c1-7-20-18(13-19,16-11-9-8-10-12-16)14-21(6)15(2)17(3,4)5/h8-12,15,20H,7,14H2,1-6H3. The van der Waals surface area contributed by atoms with Crippen molar-refractivity contribution >= 4 is 0 Å². The van der Waals surface area contributed by atoms with Crippen molar-refractivity contribution in [2.75, 3.05) is 20.1 Å². The molecular weight excluding hydrogens is 258 g/mol. The summed E-state index contributed by atoms with van der Waals surface area (Å²) < 4.78 is 0. The number of benzene rings is 1. The number of rotatable bonds is 6. The Morgan fingerprint density at radius 2 is 1.81 bits per heavy atom. The topological polar surface area (TPSA) is 39.1 Å². The Balaban J connectivity index is 3.08. The van der Waals surface area contributed by atoms with Gasteiger partial charge in [0.2, 0.25) is 0 Å². The fourth-order valence-electron chi connectivity index (χ4n) is 2.59. The Morgan fingerprint density at radius 3 is 2.24 bits per heavy atom. The number of nitrogens with zero attached hydrogens (tertiary/aromatic N) is 2. The fraction of sp³-hybridized carbons (Fsp3) is 0.611. The van der Waals surface area contributed by atoms with E-state index in [1.54, 1.807) is 0 Å². The first-order valence-electron chi connectivity index (χ1n) is 7.69. The van der Waals surface area contributed by atoms with Gasteiger partial charge < -0.3 is 0 Å². The Labute approximate surface area is 130 Å². The maximum absolute atomic E-state index is 9.86. The molecule has 2 atom stereocenters. The van der Waals surface area contributed by atoms with Crippen LogP contribution in [0, 0.1) is 16.7 Å². The van der Waals surface area contributed by atoms with Gasteiger partial charge in [-0.15, -0.1) is 0 Å². The molecule has 116 valence electrons. The molecule has 2 unspecified atom stereocenters. The summed E-state index contributed by atoms with van der Waals surface area (Å²) in [5, 5.41) is 13.3. The van der Waals surface area contributed by atoms with Crippen molar-refractivity contribution in [3.05, 3.63) is 35.9 Å². The molecule has 0 aliphatic heterocycles. The van der Waals surface area contributed by atoms with Crippen LogP contribution in [0.1, 0.15) is 40.2 Å². The molecule has 3 nitrogen and oxygen atoms in total. The molecule has 0 heterocycles. The van der Waals surface area contributed by atoms with Gasteiger partial charge in [-0.25, -0.2) is 0 Å². The Kier molecular flexibility index (Phi) is 5.95. The predicted octanol–water partition coefficient (Wildman–Crippen LogP) is 3.38. The van der Waals surface area contributed by atoms with Crippen LogP contribution >= 0.6 is 0 Å². The molecule has 1 rings (SSSR count). The molecule has 0 aliphatic carbocycles. The predicted molar refractivity (Wildman–Crippen MR) is 89.0 cm³/mol. The van der Waals surface area contributed by atoms with E-state index in [-0.39, 0.29) is 5.41 Å². The van der Waals surface area contributed by atoms with Crippen LogP contribution in [0.2, 0.25) is 0 Å². The number of nitriles is 1. The second-order valence-corrected chi connectivity index (χ2v) is 6.87. The van der Waals surface area contributed by atoms with E-state index >= 15 is 0 Å². The largest absolute Gasteiger partial charge is 0.300 e. The van der Waals surface area contributed by atoms with Crippen LogP contribution in [-0.2, 0) is 5.54 Å². The van der Waals surface area contributed by atoms with Crippen molar-refractivity contribution in [2.45, 2.75) is 46.2 Å². The zero-order chi connectivity index (χ0) is 16.1. The maximum Gasteiger partial charge on any atom is 0.145 e. The Morgan fingerprint density at radius 1 is 1.24 bits per heavy atom. The van der Waals surface area contributed by atoms with Gasteiger partial charge in [0.05, 0.1) is 6.07 Å². The normalized spacial score (nSPS) is 16.3. The summed E-state index contributed by atoms with van der Waals surface area (Å²) in [6, 6.07) is 12.9. The molecule has 0 bridgehead atoms. The van der Waals surface area contributed by atoms with Crippen LogP contribution in [0.4, 0.5) is 0 Å². The van der Waals surface area contributed by atoms with Gasteiger partial charge in [0, 0.05) is 12.6 Å². The summed E-state index contributed by atoms with van der Waals surface area (Å²) in [7, 11) is 2.10. The first-order chi connectivity index (χ1) is 9.77. The average molecular weight is 287 g/mol. The number of nitrogens with one attached hydrogen (secondary N) is 1. The third-order valence-corrected chi connectivity index (χ3v) is 4.34. The van der Waals surface area contributed by atoms with E-state index in [9.17, 15) is 5.26 Å². The van der Waals surface area contributed by atoms with Gasteiger partial charge in [0.15, 0.2) is 0 Å². The fourth-order valence-corrected chi connectivity index (χ4v) is 2.59. The quantitative estimate of drug-likeness (QED) is 0.872. The zero-order valence-electron chi connectivity index (χ0n) is 14.3. The van der Waals surface area contributed by atoms with Crippen LogP contribution < -0.4 is 5.32 Å². The van der Waals surface area contributed by atoms with Crippen LogP contribution in [0.3, 0.4) is 0 Å². The molecule has 0 radical (unpaired) electrons. The molecule has 0 aromatic heterocycles. The maximum atomic E-state index is 9.86. The van der Waals surface area contributed by atoms with Gasteiger partial charge in [-0.3, -0.25) is 10.2 Å². The molecule has 1 N–H and O–H groups in total. The number of hydrogen-bond acceptors (Lipinski definition) is 3. The van der Waals surface area contributed by atoms with Gasteiger partial charge in [0.25, 0.3) is 0 Å². The van der Waals surface area contributed by atoms with Crippen molar-refractivity contribution in [1.82, 2.24) is 10.2 Å². The molecule has 1 aromatic rings. The molecule has 0 saturated carbocycles. The Hall–Kier alpha value is -1.37. The lowest BCUT2D eigenvalue weighted by molar-refractivity contribution is 0.116. The minimum atomic E-state index is -0.662. The van der Waals surface area contributed by atoms with Gasteiger partial charge in [-0.2, -0.15) is 5.26 Å². The first-order valence-corrected chi connectivity index (χ1v) is 7.69. The highest BCUT2D eigenvalue weighted by Crippen LogP contribution is 2.27. The second kappa shape index (κ2) is 7.06. The molecule has 21 heavy (non-hydrogen) atoms. The lowest BCUT2D eigenvalue weighted by Crippen LogP contribution is -2.53. The molecular formula is C18H29N3. The molecule has 0 saturated heterocycles. The van der Waals surface area contributed by atoms with Crippen molar-refractivity contribution in [3.63, 3.8) is 0 Å². The molecule has 0 amide bonds. The second-order valence-electron chi connectivity index (χ2n) is 6.87. The average Bonchev–Trinajstić information content (AvgIpc) is 2.45. The molecule has 1 aromatic carbocycles. The van der Waals surface area contributed by atoms with Crippen LogP contribution in [0.15, 0.2) is 30.3 Å². The molecule has 3 heteroatoms.